The summed E-state index contributed by atoms with van der Waals surface area (Å²) in [5.74, 6) is 0. The van der Waals surface area contributed by atoms with E-state index in [-0.39, 0.29) is 0 Å². The van der Waals surface area contributed by atoms with Crippen LogP contribution >= 0.6 is 22.7 Å². The van der Waals surface area contributed by atoms with Crippen LogP contribution in [-0.2, 0) is 0 Å². The molecule has 0 saturated carbocycles. The first-order chi connectivity index (χ1) is 23.3. The van der Waals surface area contributed by atoms with Crippen molar-refractivity contribution in [3.8, 4) is 22.3 Å². The number of aromatic nitrogens is 2. The first-order valence-corrected chi connectivity index (χ1v) is 17.3. The highest BCUT2D eigenvalue weighted by Gasteiger charge is 2.19. The van der Waals surface area contributed by atoms with Gasteiger partial charge in [-0.15, -0.1) is 22.7 Å². The molecule has 0 atom stereocenters. The van der Waals surface area contributed by atoms with E-state index in [4.69, 9.17) is 14.4 Å². The molecule has 5 aromatic heterocycles. The molecule has 5 heterocycles. The zero-order valence-corrected chi connectivity index (χ0v) is 26.5. The SMILES string of the molecule is c1ccc2c(c1)ccc1sc3c(-c4ccc5oc6c(-c7ccnc8c7sc7ccc9ccccc9c78)cccc6c5c4)ccnc3c12. The van der Waals surface area contributed by atoms with Gasteiger partial charge in [0.05, 0.1) is 20.4 Å². The van der Waals surface area contributed by atoms with E-state index in [0.29, 0.717) is 0 Å². The van der Waals surface area contributed by atoms with Crippen LogP contribution in [0.2, 0.25) is 0 Å². The van der Waals surface area contributed by atoms with Crippen LogP contribution in [0.3, 0.4) is 0 Å². The van der Waals surface area contributed by atoms with Crippen molar-refractivity contribution in [2.75, 3.05) is 0 Å². The predicted octanol–water partition coefficient (Wildman–Crippen LogP) is 12.8. The van der Waals surface area contributed by atoms with Crippen molar-refractivity contribution in [2.45, 2.75) is 0 Å². The number of benzene rings is 6. The van der Waals surface area contributed by atoms with Crippen molar-refractivity contribution in [3.63, 3.8) is 0 Å². The van der Waals surface area contributed by atoms with Gasteiger partial charge in [0.15, 0.2) is 0 Å². The molecule has 3 nitrogen and oxygen atoms in total. The van der Waals surface area contributed by atoms with E-state index in [1.165, 1.54) is 56.7 Å². The second kappa shape index (κ2) is 9.46. The van der Waals surface area contributed by atoms with Gasteiger partial charge < -0.3 is 4.42 Å². The molecule has 0 saturated heterocycles. The largest absolute Gasteiger partial charge is 0.455 e. The molecule has 0 radical (unpaired) electrons. The molecular weight excluding hydrogens is 613 g/mol. The normalized spacial score (nSPS) is 12.3. The minimum atomic E-state index is 0.886. The number of furan rings is 1. The molecule has 0 aliphatic heterocycles. The fraction of sp³-hybridized carbons (Fsp3) is 0. The predicted molar refractivity (Wildman–Crippen MR) is 201 cm³/mol. The van der Waals surface area contributed by atoms with Crippen molar-refractivity contribution in [1.29, 1.82) is 0 Å². The molecule has 0 unspecified atom stereocenters. The maximum atomic E-state index is 6.68. The van der Waals surface area contributed by atoms with E-state index in [1.54, 1.807) is 0 Å². The van der Waals surface area contributed by atoms with E-state index >= 15 is 0 Å². The number of nitrogens with zero attached hydrogens (tertiary/aromatic N) is 2. The molecule has 11 aromatic rings. The van der Waals surface area contributed by atoms with Crippen molar-refractivity contribution < 1.29 is 4.42 Å². The highest BCUT2D eigenvalue weighted by Crippen LogP contribution is 2.46. The van der Waals surface area contributed by atoms with Gasteiger partial charge in [-0.3, -0.25) is 9.97 Å². The molecule has 218 valence electrons. The van der Waals surface area contributed by atoms with Crippen LogP contribution in [0.25, 0.3) is 106 Å². The Bertz CT molecular complexity index is 3090. The monoisotopic (exact) mass is 634 g/mol. The molecule has 0 amide bonds. The molecule has 0 aliphatic rings. The quantitative estimate of drug-likeness (QED) is 0.190. The van der Waals surface area contributed by atoms with E-state index in [2.05, 4.69) is 121 Å². The van der Waals surface area contributed by atoms with E-state index < -0.39 is 0 Å². The molecule has 0 N–H and O–H groups in total. The first kappa shape index (κ1) is 25.6. The summed E-state index contributed by atoms with van der Waals surface area (Å²) in [7, 11) is 0. The lowest BCUT2D eigenvalue weighted by molar-refractivity contribution is 0.670. The topological polar surface area (TPSA) is 38.9 Å². The van der Waals surface area contributed by atoms with Crippen LogP contribution in [-0.4, -0.2) is 9.97 Å². The maximum Gasteiger partial charge on any atom is 0.143 e. The van der Waals surface area contributed by atoms with Crippen LogP contribution in [0, 0.1) is 0 Å². The Labute approximate surface area is 276 Å². The third-order valence-corrected chi connectivity index (χ3v) is 11.9. The van der Waals surface area contributed by atoms with Gasteiger partial charge in [-0.1, -0.05) is 84.9 Å². The van der Waals surface area contributed by atoms with E-state index in [9.17, 15) is 0 Å². The molecular formula is C42H22N2OS2. The fourth-order valence-corrected chi connectivity index (χ4v) is 9.87. The van der Waals surface area contributed by atoms with Crippen molar-refractivity contribution >= 4 is 107 Å². The highest BCUT2D eigenvalue weighted by atomic mass is 32.1. The number of fused-ring (bicyclic) bond motifs is 13. The van der Waals surface area contributed by atoms with Crippen LogP contribution in [0.5, 0.6) is 0 Å². The second-order valence-corrected chi connectivity index (χ2v) is 14.2. The van der Waals surface area contributed by atoms with Crippen molar-refractivity contribution in [2.24, 2.45) is 0 Å². The lowest BCUT2D eigenvalue weighted by atomic mass is 9.99. The Morgan fingerprint density at radius 3 is 1.79 bits per heavy atom. The van der Waals surface area contributed by atoms with Gasteiger partial charge >= 0.3 is 0 Å². The summed E-state index contributed by atoms with van der Waals surface area (Å²) < 4.78 is 11.6. The zero-order chi connectivity index (χ0) is 30.6. The minimum absolute atomic E-state index is 0.886. The summed E-state index contributed by atoms with van der Waals surface area (Å²) in [6.07, 6.45) is 3.89. The Hall–Kier alpha value is -5.62. The smallest absolute Gasteiger partial charge is 0.143 e. The first-order valence-electron chi connectivity index (χ1n) is 15.6. The van der Waals surface area contributed by atoms with Crippen LogP contribution in [0.15, 0.2) is 138 Å². The summed E-state index contributed by atoms with van der Waals surface area (Å²) in [6, 6.07) is 43.4. The summed E-state index contributed by atoms with van der Waals surface area (Å²) >= 11 is 3.63. The maximum absolute atomic E-state index is 6.68. The summed E-state index contributed by atoms with van der Waals surface area (Å²) in [6.45, 7) is 0. The number of pyridine rings is 2. The molecule has 11 rings (SSSR count). The molecule has 0 spiro atoms. The van der Waals surface area contributed by atoms with E-state index in [0.717, 1.165) is 49.7 Å². The van der Waals surface area contributed by atoms with Crippen molar-refractivity contribution in [1.82, 2.24) is 9.97 Å². The molecule has 5 heteroatoms. The van der Waals surface area contributed by atoms with Crippen LogP contribution in [0.4, 0.5) is 0 Å². The third-order valence-electron chi connectivity index (χ3n) is 9.59. The number of hydrogen-bond acceptors (Lipinski definition) is 5. The zero-order valence-electron chi connectivity index (χ0n) is 24.8. The number of hydrogen-bond donors (Lipinski definition) is 0. The minimum Gasteiger partial charge on any atom is -0.455 e. The van der Waals surface area contributed by atoms with Gasteiger partial charge in [-0.25, -0.2) is 0 Å². The Balaban J connectivity index is 1.12. The number of para-hydroxylation sites is 1. The van der Waals surface area contributed by atoms with Crippen LogP contribution in [0.1, 0.15) is 0 Å². The van der Waals surface area contributed by atoms with Crippen molar-refractivity contribution in [3.05, 3.63) is 134 Å². The Morgan fingerprint density at radius 1 is 0.468 bits per heavy atom. The van der Waals surface area contributed by atoms with Crippen LogP contribution < -0.4 is 0 Å². The lowest BCUT2D eigenvalue weighted by Gasteiger charge is -2.05. The average molecular weight is 635 g/mol. The molecule has 0 bridgehead atoms. The average Bonchev–Trinajstić information content (AvgIpc) is 3.82. The summed E-state index contributed by atoms with van der Waals surface area (Å²) in [5.41, 5.74) is 8.51. The molecule has 6 aromatic carbocycles. The Morgan fingerprint density at radius 2 is 1.09 bits per heavy atom. The molecule has 0 aliphatic carbocycles. The fourth-order valence-electron chi connectivity index (χ4n) is 7.46. The van der Waals surface area contributed by atoms with Gasteiger partial charge in [0, 0.05) is 60.0 Å². The third kappa shape index (κ3) is 3.55. The Kier molecular flexibility index (Phi) is 5.14. The number of thiophene rings is 2. The number of rotatable bonds is 2. The lowest BCUT2D eigenvalue weighted by Crippen LogP contribution is -1.82. The van der Waals surface area contributed by atoms with E-state index in [1.807, 2.05) is 35.1 Å². The van der Waals surface area contributed by atoms with Gasteiger partial charge in [0.25, 0.3) is 0 Å². The molecule has 47 heavy (non-hydrogen) atoms. The molecule has 0 fully saturated rings. The van der Waals surface area contributed by atoms with Gasteiger partial charge in [-0.05, 0) is 63.5 Å². The van der Waals surface area contributed by atoms with Gasteiger partial charge in [0.1, 0.15) is 11.2 Å². The van der Waals surface area contributed by atoms with Gasteiger partial charge in [0.2, 0.25) is 0 Å². The summed E-state index contributed by atoms with van der Waals surface area (Å²) in [5, 5.41) is 9.66. The highest BCUT2D eigenvalue weighted by molar-refractivity contribution is 7.27. The standard InChI is InChI=1S/C42H22N2OS2/c1-3-8-26-23(6-1)13-16-34-36(26)38-41(46-34)28(18-20-43-38)25-12-15-33-32(22-25)30-11-5-10-29(40(30)45-33)31-19-21-44-39-37-27-9-4-2-7-24(27)14-17-35(37)47-42(31)39/h1-22H. The summed E-state index contributed by atoms with van der Waals surface area (Å²) in [4.78, 5) is 9.80. The van der Waals surface area contributed by atoms with Gasteiger partial charge in [-0.2, -0.15) is 0 Å². The second-order valence-electron chi connectivity index (χ2n) is 12.1.